The number of rotatable bonds is 7. The van der Waals surface area contributed by atoms with Crippen molar-refractivity contribution in [3.63, 3.8) is 0 Å². The first-order chi connectivity index (χ1) is 11.1. The number of nitrogens with two attached hydrogens (primary N) is 1. The van der Waals surface area contributed by atoms with Crippen LogP contribution in [-0.4, -0.2) is 54.8 Å². The van der Waals surface area contributed by atoms with Gasteiger partial charge >= 0.3 is 17.9 Å². The van der Waals surface area contributed by atoms with Crippen LogP contribution in [0.5, 0.6) is 0 Å². The Labute approximate surface area is 136 Å². The molecule has 0 aliphatic rings. The van der Waals surface area contributed by atoms with E-state index in [1.165, 1.54) is 13.1 Å². The van der Waals surface area contributed by atoms with Crippen LogP contribution in [0.15, 0.2) is 24.5 Å². The van der Waals surface area contributed by atoms with E-state index in [4.69, 9.17) is 21.1 Å². The summed E-state index contributed by atoms with van der Waals surface area (Å²) >= 11 is 0. The number of carbonyl (C=O) groups is 4. The highest BCUT2D eigenvalue weighted by atomic mass is 16.4. The Balaban J connectivity index is 0.000000496. The molecule has 1 aromatic rings. The number of hydrogen-bond acceptors (Lipinski definition) is 6. The van der Waals surface area contributed by atoms with Gasteiger partial charge < -0.3 is 26.2 Å². The van der Waals surface area contributed by atoms with Gasteiger partial charge in [0.15, 0.2) is 5.60 Å². The molecule has 1 aromatic heterocycles. The van der Waals surface area contributed by atoms with E-state index in [9.17, 15) is 24.3 Å². The molecule has 2 atom stereocenters. The summed E-state index contributed by atoms with van der Waals surface area (Å²) in [5.74, 6) is -7.04. The first kappa shape index (κ1) is 21.0. The number of primary amides is 1. The largest absolute Gasteiger partial charge is 0.481 e. The van der Waals surface area contributed by atoms with Crippen molar-refractivity contribution in [3.8, 4) is 0 Å². The summed E-state index contributed by atoms with van der Waals surface area (Å²) in [5.41, 5.74) is 2.61. The maximum Gasteiger partial charge on any atom is 0.337 e. The van der Waals surface area contributed by atoms with Crippen LogP contribution in [0.1, 0.15) is 30.1 Å². The number of hydrogen-bond donors (Lipinski definition) is 5. The van der Waals surface area contributed by atoms with Crippen LogP contribution in [0.2, 0.25) is 0 Å². The molecule has 1 heterocycles. The third kappa shape index (κ3) is 6.01. The van der Waals surface area contributed by atoms with Crippen LogP contribution < -0.4 is 5.73 Å². The van der Waals surface area contributed by atoms with Crippen molar-refractivity contribution in [1.29, 1.82) is 0 Å². The third-order valence-electron chi connectivity index (χ3n) is 3.02. The van der Waals surface area contributed by atoms with Gasteiger partial charge in [0.05, 0.1) is 17.9 Å². The van der Waals surface area contributed by atoms with Gasteiger partial charge in [-0.2, -0.15) is 0 Å². The average molecular weight is 342 g/mol. The van der Waals surface area contributed by atoms with Gasteiger partial charge in [0.2, 0.25) is 5.91 Å². The standard InChI is InChI=1S/C8H12O7.C6H6N2O/c1-2-4(6(11)12)8(15,7(13)14)3-5(9)10;7-6(9)5-2-1-3-8-4-5/h4,15H,2-3H2,1H3,(H,9,10)(H,11,12)(H,13,14);1-4H,(H2,7,9). The van der Waals surface area contributed by atoms with Gasteiger partial charge in [-0.3, -0.25) is 19.4 Å². The van der Waals surface area contributed by atoms with Gasteiger partial charge in [-0.25, -0.2) is 4.79 Å². The van der Waals surface area contributed by atoms with E-state index in [0.29, 0.717) is 5.56 Å². The molecule has 1 amide bonds. The van der Waals surface area contributed by atoms with Gasteiger partial charge in [0.25, 0.3) is 0 Å². The number of carboxylic acids is 3. The fraction of sp³-hybridized carbons (Fsp3) is 0.357. The molecule has 0 fully saturated rings. The topological polar surface area (TPSA) is 188 Å². The van der Waals surface area contributed by atoms with Crippen molar-refractivity contribution >= 4 is 23.8 Å². The molecule has 1 rings (SSSR count). The van der Waals surface area contributed by atoms with Crippen molar-refractivity contribution in [1.82, 2.24) is 4.98 Å². The zero-order valence-corrected chi connectivity index (χ0v) is 12.7. The zero-order chi connectivity index (χ0) is 18.9. The maximum atomic E-state index is 10.7. The van der Waals surface area contributed by atoms with Crippen molar-refractivity contribution in [3.05, 3.63) is 30.1 Å². The molecule has 0 aliphatic heterocycles. The number of aliphatic hydroxyl groups is 1. The van der Waals surface area contributed by atoms with E-state index in [-0.39, 0.29) is 6.42 Å². The number of carboxylic acid groups (broad SMARTS) is 3. The maximum absolute atomic E-state index is 10.7. The monoisotopic (exact) mass is 342 g/mol. The summed E-state index contributed by atoms with van der Waals surface area (Å²) in [4.78, 5) is 45.8. The van der Waals surface area contributed by atoms with Crippen LogP contribution in [-0.2, 0) is 14.4 Å². The Morgan fingerprint density at radius 2 is 1.83 bits per heavy atom. The van der Waals surface area contributed by atoms with Crippen LogP contribution >= 0.6 is 0 Å². The molecule has 0 bridgehead atoms. The van der Waals surface area contributed by atoms with Gasteiger partial charge in [0, 0.05) is 12.4 Å². The lowest BCUT2D eigenvalue weighted by molar-refractivity contribution is -0.179. The van der Waals surface area contributed by atoms with Crippen molar-refractivity contribution in [2.75, 3.05) is 0 Å². The second kappa shape index (κ2) is 9.20. The molecule has 2 unspecified atom stereocenters. The molecule has 132 valence electrons. The molecular formula is C14H18N2O8. The molecule has 10 heteroatoms. The SMILES string of the molecule is CCC(C(=O)O)C(O)(CC(=O)O)C(=O)O.NC(=O)c1cccnc1. The van der Waals surface area contributed by atoms with E-state index >= 15 is 0 Å². The third-order valence-corrected chi connectivity index (χ3v) is 3.02. The number of carbonyl (C=O) groups excluding carboxylic acids is 1. The number of amides is 1. The Morgan fingerprint density at radius 1 is 1.25 bits per heavy atom. The molecule has 0 saturated carbocycles. The first-order valence-corrected chi connectivity index (χ1v) is 6.66. The highest BCUT2D eigenvalue weighted by Crippen LogP contribution is 2.25. The first-order valence-electron chi connectivity index (χ1n) is 6.66. The normalized spacial score (nSPS) is 13.6. The van der Waals surface area contributed by atoms with Crippen LogP contribution in [0.4, 0.5) is 0 Å². The smallest absolute Gasteiger partial charge is 0.337 e. The lowest BCUT2D eigenvalue weighted by Gasteiger charge is -2.27. The Morgan fingerprint density at radius 3 is 2.08 bits per heavy atom. The number of pyridine rings is 1. The van der Waals surface area contributed by atoms with E-state index in [1.807, 2.05) is 0 Å². The van der Waals surface area contributed by atoms with Gasteiger partial charge in [-0.1, -0.05) is 6.92 Å². The summed E-state index contributed by atoms with van der Waals surface area (Å²) in [6, 6.07) is 3.29. The van der Waals surface area contributed by atoms with E-state index < -0.39 is 41.8 Å². The summed E-state index contributed by atoms with van der Waals surface area (Å²) < 4.78 is 0. The van der Waals surface area contributed by atoms with Crippen LogP contribution in [0, 0.1) is 5.92 Å². The van der Waals surface area contributed by atoms with Crippen molar-refractivity contribution < 1.29 is 39.6 Å². The van der Waals surface area contributed by atoms with Crippen LogP contribution in [0.3, 0.4) is 0 Å². The lowest BCUT2D eigenvalue weighted by atomic mass is 9.83. The molecule has 0 aromatic carbocycles. The lowest BCUT2D eigenvalue weighted by Crippen LogP contribution is -2.50. The average Bonchev–Trinajstić information content (AvgIpc) is 2.48. The van der Waals surface area contributed by atoms with Crippen molar-refractivity contribution in [2.24, 2.45) is 11.7 Å². The summed E-state index contributed by atoms with van der Waals surface area (Å²) in [6.07, 6.45) is 1.70. The quantitative estimate of drug-likeness (QED) is 0.437. The van der Waals surface area contributed by atoms with E-state index in [1.54, 1.807) is 18.3 Å². The molecule has 10 nitrogen and oxygen atoms in total. The summed E-state index contributed by atoms with van der Waals surface area (Å²) in [5, 5.41) is 35.2. The highest BCUT2D eigenvalue weighted by Gasteiger charge is 2.49. The molecule has 0 spiro atoms. The summed E-state index contributed by atoms with van der Waals surface area (Å²) in [6.45, 7) is 1.36. The minimum absolute atomic E-state index is 0.175. The summed E-state index contributed by atoms with van der Waals surface area (Å²) in [7, 11) is 0. The Kier molecular flexibility index (Phi) is 8.05. The molecule has 0 radical (unpaired) electrons. The highest BCUT2D eigenvalue weighted by molar-refractivity contribution is 5.92. The van der Waals surface area contributed by atoms with Gasteiger partial charge in [-0.15, -0.1) is 0 Å². The Bertz CT molecular complexity index is 604. The second-order valence-electron chi connectivity index (χ2n) is 4.70. The van der Waals surface area contributed by atoms with Gasteiger partial charge in [0.1, 0.15) is 0 Å². The van der Waals surface area contributed by atoms with E-state index in [2.05, 4.69) is 4.98 Å². The minimum Gasteiger partial charge on any atom is -0.481 e. The number of nitrogens with zero attached hydrogens (tertiary/aromatic N) is 1. The fourth-order valence-corrected chi connectivity index (χ4v) is 1.80. The van der Waals surface area contributed by atoms with E-state index in [0.717, 1.165) is 0 Å². The Hall–Kier alpha value is -3.01. The van der Waals surface area contributed by atoms with Gasteiger partial charge in [-0.05, 0) is 18.6 Å². The van der Waals surface area contributed by atoms with Crippen LogP contribution in [0.25, 0.3) is 0 Å². The predicted molar refractivity (Wildman–Crippen MR) is 79.0 cm³/mol. The predicted octanol–water partition coefficient (Wildman–Crippen LogP) is -0.432. The number of aliphatic carboxylic acids is 3. The fourth-order valence-electron chi connectivity index (χ4n) is 1.80. The minimum atomic E-state index is -2.77. The second-order valence-corrected chi connectivity index (χ2v) is 4.70. The molecule has 6 N–H and O–H groups in total. The molecule has 0 aliphatic carbocycles. The number of aromatic nitrogens is 1. The van der Waals surface area contributed by atoms with Crippen molar-refractivity contribution in [2.45, 2.75) is 25.4 Å². The zero-order valence-electron chi connectivity index (χ0n) is 12.7. The molecular weight excluding hydrogens is 324 g/mol. The molecule has 0 saturated heterocycles. The molecule has 24 heavy (non-hydrogen) atoms.